The van der Waals surface area contributed by atoms with Gasteiger partial charge in [0.2, 0.25) is 0 Å². The van der Waals surface area contributed by atoms with Gasteiger partial charge >= 0.3 is 0 Å². The predicted molar refractivity (Wildman–Crippen MR) is 90.4 cm³/mol. The molecule has 19 heavy (non-hydrogen) atoms. The summed E-state index contributed by atoms with van der Waals surface area (Å²) in [6.07, 6.45) is 2.03. The summed E-state index contributed by atoms with van der Waals surface area (Å²) < 4.78 is 0. The maximum atomic E-state index is 5.86. The summed E-state index contributed by atoms with van der Waals surface area (Å²) in [5.74, 6) is 0. The summed E-state index contributed by atoms with van der Waals surface area (Å²) >= 11 is 6.84. The molecule has 0 bridgehead atoms. The zero-order chi connectivity index (χ0) is 14.6. The minimum absolute atomic E-state index is 0.0584. The van der Waals surface area contributed by atoms with Gasteiger partial charge < -0.3 is 16.0 Å². The largest absolute Gasteiger partial charge is 0.389 e. The van der Waals surface area contributed by atoms with Gasteiger partial charge in [0.1, 0.15) is 4.99 Å². The second-order valence-electron chi connectivity index (χ2n) is 5.31. The Kier molecular flexibility index (Phi) is 5.64. The number of hydrogen-bond donors (Lipinski definition) is 2. The van der Waals surface area contributed by atoms with Gasteiger partial charge in [-0.3, -0.25) is 0 Å². The minimum atomic E-state index is 0.0584. The Morgan fingerprint density at radius 3 is 2.53 bits per heavy atom. The van der Waals surface area contributed by atoms with Crippen LogP contribution in [0.15, 0.2) is 23.1 Å². The van der Waals surface area contributed by atoms with Crippen LogP contribution in [-0.4, -0.2) is 42.3 Å². The van der Waals surface area contributed by atoms with Crippen LogP contribution in [-0.2, 0) is 0 Å². The lowest BCUT2D eigenvalue weighted by molar-refractivity contribution is 0.210. The summed E-state index contributed by atoms with van der Waals surface area (Å²) in [5.41, 5.74) is 7.87. The summed E-state index contributed by atoms with van der Waals surface area (Å²) in [5, 5.41) is 3.47. The highest BCUT2D eigenvalue weighted by Gasteiger charge is 2.21. The van der Waals surface area contributed by atoms with Gasteiger partial charge in [-0.05, 0) is 46.3 Å². The summed E-state index contributed by atoms with van der Waals surface area (Å²) in [4.78, 5) is 3.74. The average Bonchev–Trinajstić information content (AvgIpc) is 2.35. The molecule has 0 saturated carbocycles. The highest BCUT2D eigenvalue weighted by atomic mass is 32.2. The molecule has 0 aliphatic heterocycles. The van der Waals surface area contributed by atoms with E-state index in [0.717, 1.165) is 22.7 Å². The van der Waals surface area contributed by atoms with Gasteiger partial charge in [0.15, 0.2) is 0 Å². The molecule has 0 spiro atoms. The zero-order valence-corrected chi connectivity index (χ0v) is 13.9. The highest BCUT2D eigenvalue weighted by molar-refractivity contribution is 7.98. The van der Waals surface area contributed by atoms with E-state index in [1.807, 2.05) is 24.5 Å². The van der Waals surface area contributed by atoms with Crippen LogP contribution in [0.5, 0.6) is 0 Å². The number of thioether (sulfide) groups is 1. The van der Waals surface area contributed by atoms with Crippen molar-refractivity contribution in [1.29, 1.82) is 0 Å². The molecule has 106 valence electrons. The number of benzene rings is 1. The first-order chi connectivity index (χ1) is 8.79. The van der Waals surface area contributed by atoms with Crippen molar-refractivity contribution in [2.24, 2.45) is 5.73 Å². The van der Waals surface area contributed by atoms with E-state index in [4.69, 9.17) is 18.0 Å². The van der Waals surface area contributed by atoms with Crippen LogP contribution in [0.2, 0.25) is 0 Å². The van der Waals surface area contributed by atoms with Crippen molar-refractivity contribution in [2.75, 3.05) is 32.2 Å². The number of rotatable bonds is 6. The highest BCUT2D eigenvalue weighted by Crippen LogP contribution is 2.27. The number of nitrogens with two attached hydrogens (primary N) is 1. The number of likely N-dealkylation sites (N-methyl/N-ethyl adjacent to an activating group) is 1. The van der Waals surface area contributed by atoms with Gasteiger partial charge in [0, 0.05) is 28.2 Å². The van der Waals surface area contributed by atoms with E-state index in [1.54, 1.807) is 11.8 Å². The number of anilines is 1. The third-order valence-electron chi connectivity index (χ3n) is 3.41. The maximum absolute atomic E-state index is 5.86. The lowest BCUT2D eigenvalue weighted by atomic mass is 10.0. The smallest absolute Gasteiger partial charge is 0.107 e. The standard InChI is InChI=1S/C14H23N3S2/c1-14(2,17(3)4)9-16-10-7-6-8-11(19-5)12(10)13(15)18/h6-8,16H,9H2,1-5H3,(H2,15,18). The van der Waals surface area contributed by atoms with E-state index in [-0.39, 0.29) is 5.54 Å². The molecule has 0 aliphatic carbocycles. The molecule has 1 aromatic carbocycles. The molecule has 0 aromatic heterocycles. The van der Waals surface area contributed by atoms with Crippen LogP contribution >= 0.6 is 24.0 Å². The number of hydrogen-bond acceptors (Lipinski definition) is 4. The van der Waals surface area contributed by atoms with Gasteiger partial charge in [0.25, 0.3) is 0 Å². The Bertz CT molecular complexity index is 456. The summed E-state index contributed by atoms with van der Waals surface area (Å²) in [6, 6.07) is 6.10. The van der Waals surface area contributed by atoms with E-state index in [9.17, 15) is 0 Å². The first kappa shape index (κ1) is 16.3. The monoisotopic (exact) mass is 297 g/mol. The predicted octanol–water partition coefficient (Wildman–Crippen LogP) is 2.79. The maximum Gasteiger partial charge on any atom is 0.107 e. The lowest BCUT2D eigenvalue weighted by Gasteiger charge is -2.33. The fourth-order valence-electron chi connectivity index (χ4n) is 1.57. The molecule has 3 nitrogen and oxygen atoms in total. The van der Waals surface area contributed by atoms with Crippen molar-refractivity contribution in [3.8, 4) is 0 Å². The molecular weight excluding hydrogens is 274 g/mol. The molecule has 3 N–H and O–H groups in total. The number of nitrogens with zero attached hydrogens (tertiary/aromatic N) is 1. The molecule has 1 rings (SSSR count). The van der Waals surface area contributed by atoms with Gasteiger partial charge in [-0.2, -0.15) is 0 Å². The van der Waals surface area contributed by atoms with Gasteiger partial charge in [0.05, 0.1) is 0 Å². The van der Waals surface area contributed by atoms with E-state index in [0.29, 0.717) is 4.99 Å². The molecule has 1 aromatic rings. The Morgan fingerprint density at radius 2 is 2.05 bits per heavy atom. The van der Waals surface area contributed by atoms with Crippen molar-refractivity contribution in [1.82, 2.24) is 4.90 Å². The van der Waals surface area contributed by atoms with E-state index in [1.165, 1.54) is 0 Å². The molecule has 0 radical (unpaired) electrons. The fourth-order valence-corrected chi connectivity index (χ4v) is 2.50. The lowest BCUT2D eigenvalue weighted by Crippen LogP contribution is -2.44. The molecule has 0 unspecified atom stereocenters. The van der Waals surface area contributed by atoms with Crippen LogP contribution in [0.25, 0.3) is 0 Å². The van der Waals surface area contributed by atoms with Crippen LogP contribution in [0.3, 0.4) is 0 Å². The second-order valence-corrected chi connectivity index (χ2v) is 6.60. The summed E-state index contributed by atoms with van der Waals surface area (Å²) in [6.45, 7) is 5.21. The first-order valence-corrected chi connectivity index (χ1v) is 7.81. The fraction of sp³-hybridized carbons (Fsp3) is 0.500. The Labute approximate surface area is 125 Å². The zero-order valence-electron chi connectivity index (χ0n) is 12.3. The molecule has 0 heterocycles. The average molecular weight is 297 g/mol. The van der Waals surface area contributed by atoms with Crippen molar-refractivity contribution >= 4 is 34.7 Å². The van der Waals surface area contributed by atoms with Crippen LogP contribution in [0.1, 0.15) is 19.4 Å². The van der Waals surface area contributed by atoms with Crippen LogP contribution in [0, 0.1) is 0 Å². The van der Waals surface area contributed by atoms with Gasteiger partial charge in [-0.15, -0.1) is 11.8 Å². The van der Waals surface area contributed by atoms with Crippen LogP contribution < -0.4 is 11.1 Å². The SMILES string of the molecule is CSc1cccc(NCC(C)(C)N(C)C)c1C(N)=S. The summed E-state index contributed by atoms with van der Waals surface area (Å²) in [7, 11) is 4.16. The topological polar surface area (TPSA) is 41.3 Å². The number of thiocarbonyl (C=S) groups is 1. The second kappa shape index (κ2) is 6.59. The minimum Gasteiger partial charge on any atom is -0.389 e. The molecule has 0 saturated heterocycles. The van der Waals surface area contributed by atoms with Gasteiger partial charge in [-0.1, -0.05) is 18.3 Å². The third-order valence-corrected chi connectivity index (χ3v) is 4.40. The quantitative estimate of drug-likeness (QED) is 0.624. The van der Waals surface area contributed by atoms with Gasteiger partial charge in [-0.25, -0.2) is 0 Å². The van der Waals surface area contributed by atoms with Crippen LogP contribution in [0.4, 0.5) is 5.69 Å². The molecule has 5 heteroatoms. The van der Waals surface area contributed by atoms with E-state index >= 15 is 0 Å². The van der Waals surface area contributed by atoms with Crippen molar-refractivity contribution in [3.05, 3.63) is 23.8 Å². The van der Waals surface area contributed by atoms with E-state index < -0.39 is 0 Å². The Balaban J connectivity index is 2.99. The molecular formula is C14H23N3S2. The van der Waals surface area contributed by atoms with Crippen molar-refractivity contribution in [2.45, 2.75) is 24.3 Å². The third kappa shape index (κ3) is 4.09. The van der Waals surface area contributed by atoms with E-state index in [2.05, 4.69) is 38.2 Å². The molecule has 0 aliphatic rings. The van der Waals surface area contributed by atoms with Crippen molar-refractivity contribution in [3.63, 3.8) is 0 Å². The molecule has 0 atom stereocenters. The number of nitrogens with one attached hydrogen (secondary N) is 1. The first-order valence-electron chi connectivity index (χ1n) is 6.17. The van der Waals surface area contributed by atoms with Crippen molar-refractivity contribution < 1.29 is 0 Å². The normalized spacial score (nSPS) is 11.7. The Hall–Kier alpha value is -0.780. The Morgan fingerprint density at radius 1 is 1.42 bits per heavy atom. The molecule has 0 fully saturated rings. The molecule has 0 amide bonds.